The van der Waals surface area contributed by atoms with Gasteiger partial charge in [-0.2, -0.15) is 0 Å². The Labute approximate surface area is 127 Å². The highest BCUT2D eigenvalue weighted by Crippen LogP contribution is 2.42. The zero-order chi connectivity index (χ0) is 14.7. The third kappa shape index (κ3) is 3.89. The average Bonchev–Trinajstić information content (AvgIpc) is 2.84. The molecule has 0 aromatic carbocycles. The molecule has 0 aromatic rings. The van der Waals surface area contributed by atoms with E-state index in [0.717, 1.165) is 32.5 Å². The molecule has 2 amide bonds. The fourth-order valence-electron chi connectivity index (χ4n) is 4.34. The molecule has 3 rings (SSSR count). The summed E-state index contributed by atoms with van der Waals surface area (Å²) in [6, 6.07) is -0.139. The van der Waals surface area contributed by atoms with E-state index >= 15 is 0 Å². The van der Waals surface area contributed by atoms with E-state index < -0.39 is 6.03 Å². The van der Waals surface area contributed by atoms with Crippen molar-refractivity contribution in [3.8, 4) is 0 Å². The van der Waals surface area contributed by atoms with Gasteiger partial charge in [0.1, 0.15) is 0 Å². The van der Waals surface area contributed by atoms with Crippen molar-refractivity contribution in [1.82, 2.24) is 10.2 Å². The van der Waals surface area contributed by atoms with Crippen LogP contribution in [0.2, 0.25) is 0 Å². The minimum absolute atomic E-state index is 0.231. The number of ether oxygens (including phenoxy) is 1. The van der Waals surface area contributed by atoms with Crippen LogP contribution in [0.1, 0.15) is 57.8 Å². The van der Waals surface area contributed by atoms with Crippen LogP contribution in [0.25, 0.3) is 0 Å². The van der Waals surface area contributed by atoms with Gasteiger partial charge in [-0.3, -0.25) is 0 Å². The van der Waals surface area contributed by atoms with E-state index in [4.69, 9.17) is 10.5 Å². The minimum atomic E-state index is -0.396. The van der Waals surface area contributed by atoms with Gasteiger partial charge in [-0.1, -0.05) is 19.3 Å². The van der Waals surface area contributed by atoms with Gasteiger partial charge in [-0.05, 0) is 38.5 Å². The number of amides is 2. The van der Waals surface area contributed by atoms with Crippen LogP contribution in [0.4, 0.5) is 4.79 Å². The molecule has 5 nitrogen and oxygen atoms in total. The number of piperidine rings is 1. The number of nitrogens with one attached hydrogen (secondary N) is 1. The predicted molar refractivity (Wildman–Crippen MR) is 82.1 cm³/mol. The van der Waals surface area contributed by atoms with E-state index in [9.17, 15) is 4.79 Å². The molecule has 0 unspecified atom stereocenters. The van der Waals surface area contributed by atoms with E-state index in [1.807, 2.05) is 0 Å². The Morgan fingerprint density at radius 3 is 2.52 bits per heavy atom. The lowest BCUT2D eigenvalue weighted by atomic mass is 9.83. The van der Waals surface area contributed by atoms with E-state index in [1.54, 1.807) is 0 Å². The first-order chi connectivity index (χ1) is 10.2. The maximum absolute atomic E-state index is 10.9. The molecular formula is C16H29N3O2. The summed E-state index contributed by atoms with van der Waals surface area (Å²) in [5.41, 5.74) is 5.42. The molecule has 2 saturated heterocycles. The van der Waals surface area contributed by atoms with Crippen LogP contribution in [-0.2, 0) is 4.74 Å². The van der Waals surface area contributed by atoms with Crippen LogP contribution >= 0.6 is 0 Å². The van der Waals surface area contributed by atoms with Gasteiger partial charge in [-0.15, -0.1) is 0 Å². The fraction of sp³-hybridized carbons (Fsp3) is 0.938. The fourth-order valence-corrected chi connectivity index (χ4v) is 4.34. The van der Waals surface area contributed by atoms with Crippen molar-refractivity contribution < 1.29 is 9.53 Å². The number of rotatable bonds is 3. The summed E-state index contributed by atoms with van der Waals surface area (Å²) in [4.78, 5) is 13.4. The van der Waals surface area contributed by atoms with Crippen LogP contribution in [0.3, 0.4) is 0 Å². The van der Waals surface area contributed by atoms with Gasteiger partial charge in [0.2, 0.25) is 0 Å². The molecule has 5 heteroatoms. The average molecular weight is 295 g/mol. The smallest absolute Gasteiger partial charge is 0.312 e. The summed E-state index contributed by atoms with van der Waals surface area (Å²) in [6.07, 6.45) is 11.5. The number of likely N-dealkylation sites (tertiary alicyclic amines) is 1. The van der Waals surface area contributed by atoms with Crippen molar-refractivity contribution in [3.63, 3.8) is 0 Å². The summed E-state index contributed by atoms with van der Waals surface area (Å²) in [5.74, 6) is 0. The number of nitrogens with zero attached hydrogens (tertiary/aromatic N) is 1. The molecule has 3 fully saturated rings. The Morgan fingerprint density at radius 1 is 1.14 bits per heavy atom. The van der Waals surface area contributed by atoms with Gasteiger partial charge in [0, 0.05) is 25.7 Å². The van der Waals surface area contributed by atoms with Crippen molar-refractivity contribution in [3.05, 3.63) is 0 Å². The van der Waals surface area contributed by atoms with Gasteiger partial charge < -0.3 is 20.7 Å². The number of carbonyl (C=O) groups excluding carboxylic acids is 1. The van der Waals surface area contributed by atoms with Gasteiger partial charge in [0.05, 0.1) is 11.7 Å². The first-order valence-electron chi connectivity index (χ1n) is 8.61. The van der Waals surface area contributed by atoms with E-state index in [2.05, 4.69) is 10.2 Å². The lowest BCUT2D eigenvalue weighted by Gasteiger charge is -2.36. The number of hydrogen-bond acceptors (Lipinski definition) is 3. The van der Waals surface area contributed by atoms with Crippen LogP contribution in [0.5, 0.6) is 0 Å². The summed E-state index contributed by atoms with van der Waals surface area (Å²) < 4.78 is 6.45. The topological polar surface area (TPSA) is 67.6 Å². The third-order valence-corrected chi connectivity index (χ3v) is 5.50. The van der Waals surface area contributed by atoms with Gasteiger partial charge in [-0.25, -0.2) is 4.79 Å². The molecule has 3 aliphatic rings. The molecule has 3 N–H and O–H groups in total. The summed E-state index contributed by atoms with van der Waals surface area (Å²) in [7, 11) is 0. The van der Waals surface area contributed by atoms with Crippen molar-refractivity contribution in [2.24, 2.45) is 5.73 Å². The maximum Gasteiger partial charge on any atom is 0.312 e. The lowest BCUT2D eigenvalue weighted by Crippen LogP contribution is -2.48. The Morgan fingerprint density at radius 2 is 1.86 bits per heavy atom. The molecule has 21 heavy (non-hydrogen) atoms. The van der Waals surface area contributed by atoms with Gasteiger partial charge >= 0.3 is 6.03 Å². The summed E-state index contributed by atoms with van der Waals surface area (Å²) in [5, 5.41) is 2.82. The highest BCUT2D eigenvalue weighted by atomic mass is 16.5. The largest absolute Gasteiger partial charge is 0.370 e. The molecule has 0 aromatic heterocycles. The molecule has 1 spiro atoms. The third-order valence-electron chi connectivity index (χ3n) is 5.50. The second-order valence-corrected chi connectivity index (χ2v) is 7.11. The number of nitrogens with two attached hydrogens (primary N) is 1. The summed E-state index contributed by atoms with van der Waals surface area (Å²) in [6.45, 7) is 3.14. The van der Waals surface area contributed by atoms with Crippen LogP contribution in [-0.4, -0.2) is 48.3 Å². The van der Waals surface area contributed by atoms with E-state index in [1.165, 1.54) is 44.9 Å². The Hall–Kier alpha value is -0.810. The quantitative estimate of drug-likeness (QED) is 0.837. The SMILES string of the molecule is NC(=O)NC1CCN(C[C@H]2CCC3(CCCCC3)O2)CC1. The first kappa shape index (κ1) is 15.1. The zero-order valence-electron chi connectivity index (χ0n) is 13.0. The van der Waals surface area contributed by atoms with Gasteiger partial charge in [0.15, 0.2) is 0 Å². The molecule has 0 radical (unpaired) electrons. The molecule has 0 bridgehead atoms. The van der Waals surface area contributed by atoms with E-state index in [-0.39, 0.29) is 11.6 Å². The highest BCUT2D eigenvalue weighted by molar-refractivity contribution is 5.71. The molecule has 2 heterocycles. The minimum Gasteiger partial charge on any atom is -0.370 e. The van der Waals surface area contributed by atoms with Crippen molar-refractivity contribution >= 4 is 6.03 Å². The molecule has 120 valence electrons. The maximum atomic E-state index is 10.9. The van der Waals surface area contributed by atoms with Gasteiger partial charge in [0.25, 0.3) is 0 Å². The second kappa shape index (κ2) is 6.53. The first-order valence-corrected chi connectivity index (χ1v) is 8.61. The number of primary amides is 1. The molecule has 1 saturated carbocycles. The monoisotopic (exact) mass is 295 g/mol. The van der Waals surface area contributed by atoms with Crippen molar-refractivity contribution in [1.29, 1.82) is 0 Å². The Bertz CT molecular complexity index is 361. The van der Waals surface area contributed by atoms with E-state index in [0.29, 0.717) is 6.10 Å². The normalized spacial score (nSPS) is 30.6. The number of urea groups is 1. The number of carbonyl (C=O) groups is 1. The van der Waals surface area contributed by atoms with Crippen LogP contribution in [0.15, 0.2) is 0 Å². The Balaban J connectivity index is 1.41. The summed E-state index contributed by atoms with van der Waals surface area (Å²) >= 11 is 0. The molecule has 1 aliphatic carbocycles. The zero-order valence-corrected chi connectivity index (χ0v) is 13.0. The Kier molecular flexibility index (Phi) is 4.69. The molecule has 2 aliphatic heterocycles. The molecular weight excluding hydrogens is 266 g/mol. The molecule has 1 atom stereocenters. The van der Waals surface area contributed by atoms with Crippen LogP contribution < -0.4 is 11.1 Å². The van der Waals surface area contributed by atoms with Crippen molar-refractivity contribution in [2.45, 2.75) is 75.5 Å². The standard InChI is InChI=1S/C16H29N3O2/c17-15(20)18-13-5-10-19(11-6-13)12-14-4-9-16(21-14)7-2-1-3-8-16/h13-14H,1-12H2,(H3,17,18,20)/t14-/m1/s1. The van der Waals surface area contributed by atoms with Crippen LogP contribution in [0, 0.1) is 0 Å². The van der Waals surface area contributed by atoms with Crippen molar-refractivity contribution in [2.75, 3.05) is 19.6 Å². The lowest BCUT2D eigenvalue weighted by molar-refractivity contribution is -0.0731. The highest BCUT2D eigenvalue weighted by Gasteiger charge is 2.41. The predicted octanol–water partition coefficient (Wildman–Crippen LogP) is 2.00. The second-order valence-electron chi connectivity index (χ2n) is 7.11. The number of hydrogen-bond donors (Lipinski definition) is 2.